The van der Waals surface area contributed by atoms with E-state index in [0.29, 0.717) is 23.8 Å². The van der Waals surface area contributed by atoms with Crippen molar-refractivity contribution in [3.05, 3.63) is 42.0 Å². The lowest BCUT2D eigenvalue weighted by Gasteiger charge is -2.14. The maximum absolute atomic E-state index is 12.7. The van der Waals surface area contributed by atoms with Crippen molar-refractivity contribution < 1.29 is 13.2 Å². The van der Waals surface area contributed by atoms with E-state index >= 15 is 0 Å². The van der Waals surface area contributed by atoms with Gasteiger partial charge in [0.1, 0.15) is 11.2 Å². The zero-order valence-corrected chi connectivity index (χ0v) is 14.7. The van der Waals surface area contributed by atoms with Gasteiger partial charge in [-0.05, 0) is 18.1 Å². The molecule has 0 bridgehead atoms. The molecule has 1 N–H and O–H groups in total. The number of benzene rings is 1. The smallest absolute Gasteiger partial charge is 0.271 e. The predicted octanol–water partition coefficient (Wildman–Crippen LogP) is 1.39. The Labute approximate surface area is 141 Å². The van der Waals surface area contributed by atoms with E-state index in [1.807, 2.05) is 13.8 Å². The molecule has 1 aromatic carbocycles. The zero-order chi connectivity index (χ0) is 17.5. The summed E-state index contributed by atoms with van der Waals surface area (Å²) in [6.45, 7) is 4.63. The van der Waals surface area contributed by atoms with Crippen molar-refractivity contribution >= 4 is 15.9 Å². The van der Waals surface area contributed by atoms with Crippen molar-refractivity contribution in [2.45, 2.75) is 25.3 Å². The molecule has 0 atom stereocenters. The lowest BCUT2D eigenvalue weighted by molar-refractivity contribution is 0.0943. The average molecular weight is 348 g/mol. The number of imidazole rings is 1. The van der Waals surface area contributed by atoms with Crippen LogP contribution in [0.4, 0.5) is 0 Å². The van der Waals surface area contributed by atoms with Crippen LogP contribution in [0, 0.1) is 5.92 Å². The predicted molar refractivity (Wildman–Crippen MR) is 89.4 cm³/mol. The summed E-state index contributed by atoms with van der Waals surface area (Å²) in [6.07, 6.45) is 1.51. The number of amides is 1. The molecule has 1 aliphatic rings. The van der Waals surface area contributed by atoms with Gasteiger partial charge in [-0.2, -0.15) is 4.31 Å². The van der Waals surface area contributed by atoms with E-state index < -0.39 is 10.0 Å². The molecule has 0 spiro atoms. The van der Waals surface area contributed by atoms with Crippen LogP contribution in [0.25, 0.3) is 5.69 Å². The van der Waals surface area contributed by atoms with Gasteiger partial charge in [0.2, 0.25) is 10.0 Å². The van der Waals surface area contributed by atoms with Crippen LogP contribution in [-0.4, -0.2) is 41.8 Å². The fourth-order valence-corrected chi connectivity index (χ4v) is 3.95. The number of hydrogen-bond donors (Lipinski definition) is 1. The molecule has 8 heteroatoms. The molecule has 0 aliphatic carbocycles. The maximum atomic E-state index is 12.7. The zero-order valence-electron chi connectivity index (χ0n) is 13.9. The van der Waals surface area contributed by atoms with E-state index in [4.69, 9.17) is 0 Å². The third kappa shape index (κ3) is 2.71. The monoisotopic (exact) mass is 348 g/mol. The molecule has 0 unspecified atom stereocenters. The first kappa shape index (κ1) is 16.7. The summed E-state index contributed by atoms with van der Waals surface area (Å²) in [5.41, 5.74) is 1.33. The van der Waals surface area contributed by atoms with Crippen molar-refractivity contribution in [3.8, 4) is 5.69 Å². The Morgan fingerprint density at radius 3 is 2.75 bits per heavy atom. The van der Waals surface area contributed by atoms with Crippen molar-refractivity contribution in [3.63, 3.8) is 0 Å². The molecule has 2 heterocycles. The molecule has 0 saturated carbocycles. The second kappa shape index (κ2) is 6.03. The largest absolute Gasteiger partial charge is 0.350 e. The SMILES string of the molecule is CC(C)CNC(=O)c1ncn2c1CN(C)S(=O)(=O)c1ccccc1-2. The fourth-order valence-electron chi connectivity index (χ4n) is 2.64. The highest BCUT2D eigenvalue weighted by Gasteiger charge is 2.32. The van der Waals surface area contributed by atoms with E-state index in [9.17, 15) is 13.2 Å². The first-order chi connectivity index (χ1) is 11.3. The first-order valence-electron chi connectivity index (χ1n) is 7.72. The van der Waals surface area contributed by atoms with Crippen molar-refractivity contribution in [1.29, 1.82) is 0 Å². The van der Waals surface area contributed by atoms with Gasteiger partial charge in [0.05, 0.1) is 17.9 Å². The molecule has 1 aliphatic heterocycles. The van der Waals surface area contributed by atoms with Crippen LogP contribution in [0.2, 0.25) is 0 Å². The van der Waals surface area contributed by atoms with Gasteiger partial charge in [-0.3, -0.25) is 9.36 Å². The molecule has 2 aromatic rings. The quantitative estimate of drug-likeness (QED) is 0.908. The minimum absolute atomic E-state index is 0.0848. The lowest BCUT2D eigenvalue weighted by Crippen LogP contribution is -2.30. The molecule has 128 valence electrons. The third-order valence-electron chi connectivity index (χ3n) is 3.94. The molecule has 1 aromatic heterocycles. The van der Waals surface area contributed by atoms with Crippen LogP contribution >= 0.6 is 0 Å². The second-order valence-corrected chi connectivity index (χ2v) is 8.26. The number of para-hydroxylation sites is 1. The van der Waals surface area contributed by atoms with Gasteiger partial charge in [-0.25, -0.2) is 13.4 Å². The number of aromatic nitrogens is 2. The Morgan fingerprint density at radius 1 is 1.33 bits per heavy atom. The Hall–Kier alpha value is -2.19. The fraction of sp³-hybridized carbons (Fsp3) is 0.375. The number of fused-ring (bicyclic) bond motifs is 3. The van der Waals surface area contributed by atoms with E-state index in [1.165, 1.54) is 17.7 Å². The number of carbonyl (C=O) groups excluding carboxylic acids is 1. The van der Waals surface area contributed by atoms with Crippen LogP contribution in [-0.2, 0) is 16.6 Å². The molecule has 0 fully saturated rings. The summed E-state index contributed by atoms with van der Waals surface area (Å²) in [5, 5.41) is 2.83. The number of sulfonamides is 1. The van der Waals surface area contributed by atoms with Crippen molar-refractivity contribution in [2.75, 3.05) is 13.6 Å². The van der Waals surface area contributed by atoms with Crippen LogP contribution in [0.3, 0.4) is 0 Å². The molecule has 7 nitrogen and oxygen atoms in total. The Kier molecular flexibility index (Phi) is 4.18. The normalized spacial score (nSPS) is 16.3. The van der Waals surface area contributed by atoms with E-state index in [1.54, 1.807) is 28.8 Å². The topological polar surface area (TPSA) is 84.3 Å². The number of carbonyl (C=O) groups is 1. The molecule has 0 radical (unpaired) electrons. The van der Waals surface area contributed by atoms with E-state index in [-0.39, 0.29) is 23.0 Å². The molecular weight excluding hydrogens is 328 g/mol. The Bertz CT molecular complexity index is 886. The Balaban J connectivity index is 2.11. The number of hydrogen-bond acceptors (Lipinski definition) is 4. The molecule has 24 heavy (non-hydrogen) atoms. The van der Waals surface area contributed by atoms with Gasteiger partial charge in [0.25, 0.3) is 5.91 Å². The van der Waals surface area contributed by atoms with Crippen LogP contribution in [0.15, 0.2) is 35.5 Å². The van der Waals surface area contributed by atoms with Gasteiger partial charge in [-0.1, -0.05) is 26.0 Å². The van der Waals surface area contributed by atoms with Gasteiger partial charge in [0, 0.05) is 13.6 Å². The van der Waals surface area contributed by atoms with Crippen LogP contribution < -0.4 is 5.32 Å². The average Bonchev–Trinajstić information content (AvgIpc) is 2.92. The minimum atomic E-state index is -3.61. The molecule has 3 rings (SSSR count). The lowest BCUT2D eigenvalue weighted by atomic mass is 10.2. The number of nitrogens with one attached hydrogen (secondary N) is 1. The summed E-state index contributed by atoms with van der Waals surface area (Å²) in [7, 11) is -2.11. The summed E-state index contributed by atoms with van der Waals surface area (Å²) >= 11 is 0. The van der Waals surface area contributed by atoms with Gasteiger partial charge >= 0.3 is 0 Å². The summed E-state index contributed by atoms with van der Waals surface area (Å²) in [4.78, 5) is 16.9. The minimum Gasteiger partial charge on any atom is -0.350 e. The molecule has 0 saturated heterocycles. The molecule has 1 amide bonds. The van der Waals surface area contributed by atoms with Gasteiger partial charge in [-0.15, -0.1) is 0 Å². The third-order valence-corrected chi connectivity index (χ3v) is 5.79. The highest BCUT2D eigenvalue weighted by atomic mass is 32.2. The highest BCUT2D eigenvalue weighted by Crippen LogP contribution is 2.30. The van der Waals surface area contributed by atoms with Crippen molar-refractivity contribution in [2.24, 2.45) is 5.92 Å². The van der Waals surface area contributed by atoms with Gasteiger partial charge in [0.15, 0.2) is 5.69 Å². The van der Waals surface area contributed by atoms with Gasteiger partial charge < -0.3 is 5.32 Å². The summed E-state index contributed by atoms with van der Waals surface area (Å²) < 4.78 is 28.3. The first-order valence-corrected chi connectivity index (χ1v) is 9.16. The van der Waals surface area contributed by atoms with E-state index in [0.717, 1.165) is 0 Å². The summed E-state index contributed by atoms with van der Waals surface area (Å²) in [5.74, 6) is 0.0292. The second-order valence-electron chi connectivity index (χ2n) is 6.24. The van der Waals surface area contributed by atoms with Crippen LogP contribution in [0.5, 0.6) is 0 Å². The highest BCUT2D eigenvalue weighted by molar-refractivity contribution is 7.89. The summed E-state index contributed by atoms with van der Waals surface area (Å²) in [6, 6.07) is 6.73. The molecular formula is C16H20N4O3S. The standard InChI is InChI=1S/C16H20N4O3S/c1-11(2)8-17-16(21)15-13-9-19(3)24(22,23)14-7-5-4-6-12(14)20(13)10-18-15/h4-7,10-11H,8-9H2,1-3H3,(H,17,21). The maximum Gasteiger partial charge on any atom is 0.271 e. The number of nitrogens with zero attached hydrogens (tertiary/aromatic N) is 3. The Morgan fingerprint density at radius 2 is 2.04 bits per heavy atom. The number of rotatable bonds is 3. The van der Waals surface area contributed by atoms with E-state index in [2.05, 4.69) is 10.3 Å². The van der Waals surface area contributed by atoms with Crippen LogP contribution in [0.1, 0.15) is 30.0 Å². The van der Waals surface area contributed by atoms with Crippen molar-refractivity contribution in [1.82, 2.24) is 19.2 Å².